The number of nitrogens with zero attached hydrogens (tertiary/aromatic N) is 5. The van der Waals surface area contributed by atoms with Crippen molar-refractivity contribution in [3.8, 4) is 5.69 Å². The molecule has 1 amide bonds. The van der Waals surface area contributed by atoms with Crippen molar-refractivity contribution in [3.63, 3.8) is 0 Å². The Kier molecular flexibility index (Phi) is 5.17. The first-order valence-corrected chi connectivity index (χ1v) is 10.6. The summed E-state index contributed by atoms with van der Waals surface area (Å²) < 4.78 is 81.0. The number of pyridine rings is 1. The molecule has 13 heteroatoms. The number of hydrogen-bond acceptors (Lipinski definition) is 4. The third kappa shape index (κ3) is 4.26. The van der Waals surface area contributed by atoms with Crippen LogP contribution < -0.4 is 5.32 Å². The standard InChI is InChI=1S/C21H18F6N6O/c22-20(23,24)17-8-12(6-7-28-17)32-10-13-14(2-1-3-15(13)30-32)29-19(34)16-9-18(21(25,26)27)31-33(16)11-4-5-11/h6-11,14H,1-5H2,(H,29,34)/t14-/m1/s1. The summed E-state index contributed by atoms with van der Waals surface area (Å²) in [4.78, 5) is 16.3. The average Bonchev–Trinajstić information content (AvgIpc) is 3.33. The second kappa shape index (κ2) is 7.84. The van der Waals surface area contributed by atoms with Crippen molar-refractivity contribution in [1.29, 1.82) is 0 Å². The number of alkyl halides is 6. The fourth-order valence-corrected chi connectivity index (χ4v) is 4.07. The molecule has 0 saturated heterocycles. The van der Waals surface area contributed by atoms with Crippen LogP contribution in [0.5, 0.6) is 0 Å². The van der Waals surface area contributed by atoms with Gasteiger partial charge in [0.15, 0.2) is 5.69 Å². The minimum absolute atomic E-state index is 0.156. The third-order valence-corrected chi connectivity index (χ3v) is 5.86. The van der Waals surface area contributed by atoms with Crippen molar-refractivity contribution in [2.45, 2.75) is 56.5 Å². The number of carbonyl (C=O) groups excluding carboxylic acids is 1. The third-order valence-electron chi connectivity index (χ3n) is 5.86. The quantitative estimate of drug-likeness (QED) is 0.548. The van der Waals surface area contributed by atoms with Crippen molar-refractivity contribution >= 4 is 5.91 Å². The molecular formula is C21H18F6N6O. The van der Waals surface area contributed by atoms with Gasteiger partial charge in [-0.2, -0.15) is 36.5 Å². The Morgan fingerprint density at radius 3 is 2.41 bits per heavy atom. The van der Waals surface area contributed by atoms with Crippen LogP contribution >= 0.6 is 0 Å². The fourth-order valence-electron chi connectivity index (χ4n) is 4.07. The van der Waals surface area contributed by atoms with Crippen LogP contribution in [0.4, 0.5) is 26.3 Å². The van der Waals surface area contributed by atoms with Crippen LogP contribution in [0.1, 0.15) is 70.9 Å². The zero-order valence-electron chi connectivity index (χ0n) is 17.5. The highest BCUT2D eigenvalue weighted by Crippen LogP contribution is 2.38. The van der Waals surface area contributed by atoms with Gasteiger partial charge in [-0.3, -0.25) is 14.5 Å². The van der Waals surface area contributed by atoms with Gasteiger partial charge in [-0.1, -0.05) is 0 Å². The summed E-state index contributed by atoms with van der Waals surface area (Å²) in [5, 5.41) is 10.7. The molecule has 0 aliphatic heterocycles. The van der Waals surface area contributed by atoms with Gasteiger partial charge in [-0.25, -0.2) is 4.68 Å². The smallest absolute Gasteiger partial charge is 0.344 e. The van der Waals surface area contributed by atoms with E-state index in [4.69, 9.17) is 0 Å². The number of amides is 1. The number of hydrogen-bond donors (Lipinski definition) is 1. The van der Waals surface area contributed by atoms with Gasteiger partial charge in [-0.05, 0) is 44.2 Å². The monoisotopic (exact) mass is 484 g/mol. The predicted octanol–water partition coefficient (Wildman–Crippen LogP) is 4.64. The van der Waals surface area contributed by atoms with E-state index in [9.17, 15) is 31.1 Å². The fraction of sp³-hybridized carbons (Fsp3) is 0.429. The van der Waals surface area contributed by atoms with E-state index in [0.29, 0.717) is 43.4 Å². The van der Waals surface area contributed by atoms with Crippen LogP contribution in [0.15, 0.2) is 30.6 Å². The molecule has 1 saturated carbocycles. The molecule has 34 heavy (non-hydrogen) atoms. The molecule has 3 aromatic rings. The van der Waals surface area contributed by atoms with Gasteiger partial charge in [0, 0.05) is 24.0 Å². The lowest BCUT2D eigenvalue weighted by Gasteiger charge is -2.22. The van der Waals surface area contributed by atoms with Crippen molar-refractivity contribution < 1.29 is 31.1 Å². The van der Waals surface area contributed by atoms with Gasteiger partial charge in [0.1, 0.15) is 11.4 Å². The molecule has 0 bridgehead atoms. The number of aryl methyl sites for hydroxylation is 1. The van der Waals surface area contributed by atoms with Crippen molar-refractivity contribution in [2.75, 3.05) is 0 Å². The molecule has 2 aliphatic rings. The summed E-state index contributed by atoms with van der Waals surface area (Å²) in [5.74, 6) is -0.691. The minimum atomic E-state index is -4.67. The van der Waals surface area contributed by atoms with Gasteiger partial charge >= 0.3 is 12.4 Å². The lowest BCUT2D eigenvalue weighted by Crippen LogP contribution is -2.32. The molecule has 0 unspecified atom stereocenters. The van der Waals surface area contributed by atoms with Gasteiger partial charge < -0.3 is 5.32 Å². The molecule has 0 spiro atoms. The van der Waals surface area contributed by atoms with Crippen molar-refractivity contribution in [3.05, 3.63) is 58.9 Å². The maximum atomic E-state index is 13.2. The maximum Gasteiger partial charge on any atom is 0.435 e. The highest BCUT2D eigenvalue weighted by atomic mass is 19.4. The Hall–Kier alpha value is -3.38. The summed E-state index contributed by atoms with van der Waals surface area (Å²) >= 11 is 0. The summed E-state index contributed by atoms with van der Waals surface area (Å²) in [6.07, 6.45) is -3.70. The minimum Gasteiger partial charge on any atom is -0.344 e. The van der Waals surface area contributed by atoms with Crippen LogP contribution in [0.25, 0.3) is 5.69 Å². The zero-order chi connectivity index (χ0) is 24.3. The van der Waals surface area contributed by atoms with Gasteiger partial charge in [0.05, 0.1) is 23.5 Å². The van der Waals surface area contributed by atoms with Crippen LogP contribution in [-0.4, -0.2) is 30.5 Å². The SMILES string of the molecule is O=C(N[C@@H]1CCCc2nn(-c3ccnc(C(F)(F)F)c3)cc21)c1cc(C(F)(F)F)nn1C1CC1. The Morgan fingerprint density at radius 1 is 1.00 bits per heavy atom. The van der Waals surface area contributed by atoms with E-state index in [0.717, 1.165) is 23.0 Å². The molecule has 2 aliphatic carbocycles. The number of halogens is 6. The van der Waals surface area contributed by atoms with Gasteiger partial charge in [0.2, 0.25) is 0 Å². The van der Waals surface area contributed by atoms with E-state index in [1.165, 1.54) is 16.9 Å². The summed E-state index contributed by atoms with van der Waals surface area (Å²) in [6, 6.07) is 2.21. The Bertz CT molecular complexity index is 1240. The lowest BCUT2D eigenvalue weighted by molar-refractivity contribution is -0.142. The van der Waals surface area contributed by atoms with Crippen LogP contribution in [0, 0.1) is 0 Å². The Balaban J connectivity index is 1.42. The first-order chi connectivity index (χ1) is 16.0. The van der Waals surface area contributed by atoms with Crippen LogP contribution in [-0.2, 0) is 18.8 Å². The topological polar surface area (TPSA) is 77.6 Å². The van der Waals surface area contributed by atoms with E-state index < -0.39 is 35.7 Å². The molecule has 5 rings (SSSR count). The molecule has 3 aromatic heterocycles. The molecule has 1 fully saturated rings. The largest absolute Gasteiger partial charge is 0.435 e. The highest BCUT2D eigenvalue weighted by Gasteiger charge is 2.39. The maximum absolute atomic E-state index is 13.2. The molecule has 0 aromatic carbocycles. The number of carbonyl (C=O) groups is 1. The van der Waals surface area contributed by atoms with Crippen LogP contribution in [0.3, 0.4) is 0 Å². The molecular weight excluding hydrogens is 466 g/mol. The lowest BCUT2D eigenvalue weighted by atomic mass is 9.93. The van der Waals surface area contributed by atoms with E-state index >= 15 is 0 Å². The van der Waals surface area contributed by atoms with E-state index in [1.807, 2.05) is 0 Å². The summed E-state index contributed by atoms with van der Waals surface area (Å²) in [5.41, 5.74) is -0.981. The van der Waals surface area contributed by atoms with Gasteiger partial charge in [0.25, 0.3) is 5.91 Å². The average molecular weight is 484 g/mol. The van der Waals surface area contributed by atoms with Crippen molar-refractivity contribution in [2.24, 2.45) is 0 Å². The molecule has 7 nitrogen and oxygen atoms in total. The second-order valence-electron chi connectivity index (χ2n) is 8.38. The van der Waals surface area contributed by atoms with E-state index in [2.05, 4.69) is 20.5 Å². The zero-order valence-corrected chi connectivity index (χ0v) is 17.5. The predicted molar refractivity (Wildman–Crippen MR) is 105 cm³/mol. The second-order valence-corrected chi connectivity index (χ2v) is 8.38. The molecule has 180 valence electrons. The molecule has 3 heterocycles. The van der Waals surface area contributed by atoms with E-state index in [1.54, 1.807) is 0 Å². The normalized spacial score (nSPS) is 18.6. The Morgan fingerprint density at radius 2 is 1.74 bits per heavy atom. The number of nitrogens with one attached hydrogen (secondary N) is 1. The van der Waals surface area contributed by atoms with Gasteiger partial charge in [-0.15, -0.1) is 0 Å². The number of rotatable bonds is 4. The first kappa shape index (κ1) is 22.4. The first-order valence-electron chi connectivity index (χ1n) is 10.6. The highest BCUT2D eigenvalue weighted by molar-refractivity contribution is 5.93. The number of fused-ring (bicyclic) bond motifs is 1. The van der Waals surface area contributed by atoms with E-state index in [-0.39, 0.29) is 17.4 Å². The Labute approximate surface area is 188 Å². The van der Waals surface area contributed by atoms with Crippen LogP contribution in [0.2, 0.25) is 0 Å². The molecule has 1 N–H and O–H groups in total. The molecule has 0 radical (unpaired) electrons. The van der Waals surface area contributed by atoms with Crippen molar-refractivity contribution in [1.82, 2.24) is 29.9 Å². The molecule has 1 atom stereocenters. The summed E-state index contributed by atoms with van der Waals surface area (Å²) in [7, 11) is 0. The summed E-state index contributed by atoms with van der Waals surface area (Å²) in [6.45, 7) is 0. The number of aromatic nitrogens is 5.